The van der Waals surface area contributed by atoms with E-state index in [1.807, 2.05) is 0 Å². The van der Waals surface area contributed by atoms with Crippen molar-refractivity contribution < 1.29 is 4.74 Å². The molecular formula is C9H19BrO. The van der Waals surface area contributed by atoms with Gasteiger partial charge in [0.25, 0.3) is 0 Å². The topological polar surface area (TPSA) is 9.23 Å². The Labute approximate surface area is 78.6 Å². The van der Waals surface area contributed by atoms with Gasteiger partial charge in [-0.25, -0.2) is 0 Å². The van der Waals surface area contributed by atoms with Crippen LogP contribution in [0.5, 0.6) is 0 Å². The van der Waals surface area contributed by atoms with E-state index in [-0.39, 0.29) is 0 Å². The minimum Gasteiger partial charge on any atom is -0.378 e. The van der Waals surface area contributed by atoms with Crippen molar-refractivity contribution in [1.29, 1.82) is 0 Å². The summed E-state index contributed by atoms with van der Waals surface area (Å²) in [5.74, 6) is 0.684. The van der Waals surface area contributed by atoms with Crippen LogP contribution in [0.4, 0.5) is 0 Å². The number of hydrogen-bond donors (Lipinski definition) is 0. The maximum Gasteiger partial charge on any atom is 0.0544 e. The maximum absolute atomic E-state index is 5.61. The average Bonchev–Trinajstić information content (AvgIpc) is 2.06. The summed E-state index contributed by atoms with van der Waals surface area (Å²) in [5, 5.41) is 1.06. The number of hydrogen-bond acceptors (Lipinski definition) is 1. The molecule has 0 aliphatic rings. The average molecular weight is 223 g/mol. The summed E-state index contributed by atoms with van der Waals surface area (Å²) < 4.78 is 5.61. The molecule has 0 bridgehead atoms. The predicted molar refractivity (Wildman–Crippen MR) is 53.3 cm³/mol. The zero-order valence-corrected chi connectivity index (χ0v) is 9.36. The van der Waals surface area contributed by atoms with Crippen LogP contribution in [0.25, 0.3) is 0 Å². The molecule has 0 heterocycles. The van der Waals surface area contributed by atoms with E-state index in [0.29, 0.717) is 12.0 Å². The molecule has 1 nitrogen and oxygen atoms in total. The molecule has 2 heteroatoms. The molecule has 0 aromatic rings. The standard InChI is InChI=1S/C9H19BrO/c1-4-8(3)11-7-9(5-2)6-10/h8-9H,4-7H2,1-3H3. The second kappa shape index (κ2) is 7.11. The summed E-state index contributed by atoms with van der Waals surface area (Å²) in [6, 6.07) is 0. The van der Waals surface area contributed by atoms with Gasteiger partial charge in [-0.1, -0.05) is 36.2 Å². The van der Waals surface area contributed by atoms with Gasteiger partial charge in [0, 0.05) is 5.33 Å². The first kappa shape index (κ1) is 11.4. The smallest absolute Gasteiger partial charge is 0.0544 e. The molecule has 2 unspecified atom stereocenters. The van der Waals surface area contributed by atoms with Gasteiger partial charge in [0.1, 0.15) is 0 Å². The molecule has 2 atom stereocenters. The monoisotopic (exact) mass is 222 g/mol. The number of halogens is 1. The second-order valence-corrected chi connectivity index (χ2v) is 3.63. The van der Waals surface area contributed by atoms with Gasteiger partial charge < -0.3 is 4.74 Å². The molecule has 0 aromatic heterocycles. The minimum atomic E-state index is 0.420. The first-order chi connectivity index (χ1) is 5.24. The molecule has 0 aromatic carbocycles. The highest BCUT2D eigenvalue weighted by Gasteiger charge is 2.06. The molecule has 0 N–H and O–H groups in total. The van der Waals surface area contributed by atoms with Crippen LogP contribution in [0.1, 0.15) is 33.6 Å². The SMILES string of the molecule is CCC(CBr)COC(C)CC. The van der Waals surface area contributed by atoms with Gasteiger partial charge >= 0.3 is 0 Å². The Morgan fingerprint density at radius 3 is 2.27 bits per heavy atom. The van der Waals surface area contributed by atoms with Gasteiger partial charge in [-0.2, -0.15) is 0 Å². The van der Waals surface area contributed by atoms with E-state index in [9.17, 15) is 0 Å². The van der Waals surface area contributed by atoms with Crippen LogP contribution < -0.4 is 0 Å². The molecule has 0 aliphatic carbocycles. The van der Waals surface area contributed by atoms with Gasteiger partial charge in [0.05, 0.1) is 12.7 Å². The van der Waals surface area contributed by atoms with Crippen molar-refractivity contribution >= 4 is 15.9 Å². The molecule has 0 radical (unpaired) electrons. The van der Waals surface area contributed by atoms with Crippen LogP contribution in [-0.2, 0) is 4.74 Å². The molecular weight excluding hydrogens is 204 g/mol. The Kier molecular flexibility index (Phi) is 7.39. The van der Waals surface area contributed by atoms with Crippen LogP contribution in [-0.4, -0.2) is 18.0 Å². The third-order valence-electron chi connectivity index (χ3n) is 1.99. The Morgan fingerprint density at radius 1 is 1.27 bits per heavy atom. The van der Waals surface area contributed by atoms with E-state index < -0.39 is 0 Å². The van der Waals surface area contributed by atoms with E-state index in [2.05, 4.69) is 36.7 Å². The van der Waals surface area contributed by atoms with E-state index in [1.54, 1.807) is 0 Å². The summed E-state index contributed by atoms with van der Waals surface area (Å²) in [7, 11) is 0. The second-order valence-electron chi connectivity index (χ2n) is 2.98. The van der Waals surface area contributed by atoms with Crippen molar-refractivity contribution in [3.63, 3.8) is 0 Å². The Bertz CT molecular complexity index is 81.6. The molecule has 0 saturated heterocycles. The van der Waals surface area contributed by atoms with Crippen molar-refractivity contribution in [1.82, 2.24) is 0 Å². The summed E-state index contributed by atoms with van der Waals surface area (Å²) in [4.78, 5) is 0. The van der Waals surface area contributed by atoms with Gasteiger partial charge in [-0.05, 0) is 19.3 Å². The van der Waals surface area contributed by atoms with Crippen LogP contribution in [0.2, 0.25) is 0 Å². The van der Waals surface area contributed by atoms with Gasteiger partial charge in [0.2, 0.25) is 0 Å². The van der Waals surface area contributed by atoms with Crippen LogP contribution in [0.15, 0.2) is 0 Å². The lowest BCUT2D eigenvalue weighted by Gasteiger charge is -2.15. The first-order valence-electron chi connectivity index (χ1n) is 4.42. The molecule has 0 rings (SSSR count). The lowest BCUT2D eigenvalue weighted by molar-refractivity contribution is 0.0424. The summed E-state index contributed by atoms with van der Waals surface area (Å²) in [6.07, 6.45) is 2.73. The third-order valence-corrected chi connectivity index (χ3v) is 2.90. The summed E-state index contributed by atoms with van der Waals surface area (Å²) in [5.41, 5.74) is 0. The van der Waals surface area contributed by atoms with E-state index in [0.717, 1.165) is 18.4 Å². The van der Waals surface area contributed by atoms with E-state index in [4.69, 9.17) is 4.74 Å². The molecule has 68 valence electrons. The van der Waals surface area contributed by atoms with E-state index >= 15 is 0 Å². The number of ether oxygens (including phenoxy) is 1. The fraction of sp³-hybridized carbons (Fsp3) is 1.00. The normalized spacial score (nSPS) is 16.4. The highest BCUT2D eigenvalue weighted by molar-refractivity contribution is 9.09. The van der Waals surface area contributed by atoms with Crippen molar-refractivity contribution in [2.24, 2.45) is 5.92 Å². The zero-order valence-electron chi connectivity index (χ0n) is 7.77. The molecule has 0 saturated carbocycles. The molecule has 0 fully saturated rings. The summed E-state index contributed by atoms with van der Waals surface area (Å²) in [6.45, 7) is 7.38. The number of rotatable bonds is 6. The molecule has 0 spiro atoms. The Balaban J connectivity index is 3.34. The fourth-order valence-corrected chi connectivity index (χ4v) is 1.33. The van der Waals surface area contributed by atoms with Crippen LogP contribution in [0.3, 0.4) is 0 Å². The lowest BCUT2D eigenvalue weighted by Crippen LogP contribution is -2.15. The fourth-order valence-electron chi connectivity index (χ4n) is 0.690. The minimum absolute atomic E-state index is 0.420. The van der Waals surface area contributed by atoms with E-state index in [1.165, 1.54) is 6.42 Å². The maximum atomic E-state index is 5.61. The highest BCUT2D eigenvalue weighted by atomic mass is 79.9. The predicted octanol–water partition coefficient (Wildman–Crippen LogP) is 3.22. The first-order valence-corrected chi connectivity index (χ1v) is 5.54. The van der Waals surface area contributed by atoms with Crippen LogP contribution >= 0.6 is 15.9 Å². The molecule has 11 heavy (non-hydrogen) atoms. The van der Waals surface area contributed by atoms with Gasteiger partial charge in [-0.15, -0.1) is 0 Å². The lowest BCUT2D eigenvalue weighted by atomic mass is 10.1. The third kappa shape index (κ3) is 5.68. The zero-order chi connectivity index (χ0) is 8.69. The van der Waals surface area contributed by atoms with Crippen molar-refractivity contribution in [2.45, 2.75) is 39.7 Å². The Morgan fingerprint density at radius 2 is 1.91 bits per heavy atom. The molecule has 0 aliphatic heterocycles. The van der Waals surface area contributed by atoms with Crippen molar-refractivity contribution in [3.8, 4) is 0 Å². The summed E-state index contributed by atoms with van der Waals surface area (Å²) >= 11 is 3.47. The largest absolute Gasteiger partial charge is 0.378 e. The van der Waals surface area contributed by atoms with Crippen molar-refractivity contribution in [2.75, 3.05) is 11.9 Å². The highest BCUT2D eigenvalue weighted by Crippen LogP contribution is 2.08. The van der Waals surface area contributed by atoms with Gasteiger partial charge in [0.15, 0.2) is 0 Å². The Hall–Kier alpha value is 0.440. The van der Waals surface area contributed by atoms with Gasteiger partial charge in [-0.3, -0.25) is 0 Å². The molecule has 0 amide bonds. The van der Waals surface area contributed by atoms with Crippen molar-refractivity contribution in [3.05, 3.63) is 0 Å². The number of alkyl halides is 1. The van der Waals surface area contributed by atoms with Crippen LogP contribution in [0, 0.1) is 5.92 Å². The quantitative estimate of drug-likeness (QED) is 0.628.